The molecule has 0 aliphatic rings. The maximum Gasteiger partial charge on any atom is 0.338 e. The highest BCUT2D eigenvalue weighted by Gasteiger charge is 2.24. The lowest BCUT2D eigenvalue weighted by Crippen LogP contribution is -2.17. The summed E-state index contributed by atoms with van der Waals surface area (Å²) in [5, 5.41) is 17.2. The average Bonchev–Trinajstić information content (AvgIpc) is 3.17. The molecule has 0 radical (unpaired) electrons. The molecule has 0 saturated heterocycles. The number of carboxylic acids is 1. The van der Waals surface area contributed by atoms with Gasteiger partial charge in [-0.1, -0.05) is 12.1 Å². The maximum atomic E-state index is 14.5. The molecule has 7 nitrogen and oxygen atoms in total. The lowest BCUT2D eigenvalue weighted by Gasteiger charge is -2.16. The van der Waals surface area contributed by atoms with Crippen molar-refractivity contribution in [3.8, 4) is 11.1 Å². The Labute approximate surface area is 195 Å². The fraction of sp³-hybridized carbons (Fsp3) is 0.192. The first kappa shape index (κ1) is 23.0. The van der Waals surface area contributed by atoms with E-state index in [0.717, 1.165) is 5.69 Å². The highest BCUT2D eigenvalue weighted by Crippen LogP contribution is 2.35. The van der Waals surface area contributed by atoms with Crippen LogP contribution in [0.4, 0.5) is 4.39 Å². The minimum Gasteiger partial charge on any atom is -0.478 e. The number of carbonyl (C=O) groups excluding carboxylic acids is 1. The number of aromatic nitrogens is 3. The van der Waals surface area contributed by atoms with Gasteiger partial charge < -0.3 is 15.1 Å². The Morgan fingerprint density at radius 2 is 1.88 bits per heavy atom. The van der Waals surface area contributed by atoms with Gasteiger partial charge in [0.25, 0.3) is 0 Å². The molecular weight excluding hydrogens is 435 g/mol. The van der Waals surface area contributed by atoms with E-state index in [2.05, 4.69) is 9.97 Å². The number of rotatable bonds is 7. The first-order chi connectivity index (χ1) is 16.2. The summed E-state index contributed by atoms with van der Waals surface area (Å²) < 4.78 is 16.4. The summed E-state index contributed by atoms with van der Waals surface area (Å²) in [6, 6.07) is 11.2. The molecule has 8 heteroatoms. The van der Waals surface area contributed by atoms with Gasteiger partial charge in [0.1, 0.15) is 11.6 Å². The number of nitrogens with one attached hydrogen (secondary N) is 1. The smallest absolute Gasteiger partial charge is 0.338 e. The van der Waals surface area contributed by atoms with Gasteiger partial charge in [0.15, 0.2) is 0 Å². The fourth-order valence-corrected chi connectivity index (χ4v) is 4.24. The lowest BCUT2D eigenvalue weighted by atomic mass is 9.92. The van der Waals surface area contributed by atoms with E-state index in [1.165, 1.54) is 19.1 Å². The third-order valence-electron chi connectivity index (χ3n) is 5.91. The molecule has 2 atom stereocenters. The highest BCUT2D eigenvalue weighted by atomic mass is 19.1. The van der Waals surface area contributed by atoms with Crippen molar-refractivity contribution in [2.24, 2.45) is 0 Å². The molecule has 1 aromatic carbocycles. The van der Waals surface area contributed by atoms with Crippen LogP contribution in [0, 0.1) is 11.2 Å². The average molecular weight is 458 g/mol. The number of hydrogen-bond acceptors (Lipinski definition) is 5. The Bertz CT molecular complexity index is 1420. The van der Waals surface area contributed by atoms with Crippen molar-refractivity contribution >= 4 is 28.5 Å². The standard InChI is InChI=1S/C26H23FN4O3/c1-14(28)24(16(3)32)18-11-23-25(30-12-18)20(17-7-8-19(26(33)34)21(27)10-17)13-31(23)15(2)22-6-4-5-9-29-22/h4-13,15,24,28H,1-3H3,(H,33,34)/t15-,24?/m0/s1. The van der Waals surface area contributed by atoms with Gasteiger partial charge in [-0.15, -0.1) is 0 Å². The lowest BCUT2D eigenvalue weighted by molar-refractivity contribution is -0.117. The quantitative estimate of drug-likeness (QED) is 0.367. The predicted octanol–water partition coefficient (Wildman–Crippen LogP) is 5.26. The summed E-state index contributed by atoms with van der Waals surface area (Å²) in [5.41, 5.74) is 3.57. The molecule has 4 aromatic rings. The number of Topliss-reactive ketones (excluding diaryl/α,β-unsaturated/α-hetero) is 1. The minimum atomic E-state index is -1.34. The zero-order valence-electron chi connectivity index (χ0n) is 18.9. The van der Waals surface area contributed by atoms with Crippen LogP contribution >= 0.6 is 0 Å². The molecule has 0 bridgehead atoms. The van der Waals surface area contributed by atoms with Crippen LogP contribution in [0.15, 0.2) is 61.1 Å². The predicted molar refractivity (Wildman–Crippen MR) is 127 cm³/mol. The molecule has 0 fully saturated rings. The number of carbonyl (C=O) groups is 2. The topological polar surface area (TPSA) is 109 Å². The molecule has 4 rings (SSSR count). The summed E-state index contributed by atoms with van der Waals surface area (Å²) in [4.78, 5) is 32.5. The van der Waals surface area contributed by atoms with Crippen molar-refractivity contribution in [3.63, 3.8) is 0 Å². The number of carboxylic acid groups (broad SMARTS) is 1. The van der Waals surface area contributed by atoms with Crippen molar-refractivity contribution in [3.05, 3.63) is 83.7 Å². The fourth-order valence-electron chi connectivity index (χ4n) is 4.24. The third-order valence-corrected chi connectivity index (χ3v) is 5.91. The molecule has 0 saturated carbocycles. The molecule has 0 amide bonds. The van der Waals surface area contributed by atoms with E-state index in [1.807, 2.05) is 42.0 Å². The molecular formula is C26H23FN4O3. The SMILES string of the molecule is CC(=N)C(C(C)=O)c1cnc2c(-c3ccc(C(=O)O)c(F)c3)cn([C@@H](C)c3ccccn3)c2c1. The van der Waals surface area contributed by atoms with Crippen molar-refractivity contribution in [1.29, 1.82) is 5.41 Å². The molecule has 0 aliphatic heterocycles. The van der Waals surface area contributed by atoms with Gasteiger partial charge in [-0.25, -0.2) is 9.18 Å². The Balaban J connectivity index is 1.96. The van der Waals surface area contributed by atoms with Gasteiger partial charge in [0.05, 0.1) is 34.3 Å². The van der Waals surface area contributed by atoms with E-state index in [4.69, 9.17) is 10.5 Å². The zero-order chi connectivity index (χ0) is 24.6. The Hall–Kier alpha value is -4.20. The number of halogens is 1. The van der Waals surface area contributed by atoms with Crippen molar-refractivity contribution in [2.75, 3.05) is 0 Å². The molecule has 0 aliphatic carbocycles. The minimum absolute atomic E-state index is 0.156. The van der Waals surface area contributed by atoms with Gasteiger partial charge in [-0.2, -0.15) is 0 Å². The first-order valence-electron chi connectivity index (χ1n) is 10.7. The van der Waals surface area contributed by atoms with Crippen LogP contribution in [0.3, 0.4) is 0 Å². The third kappa shape index (κ3) is 4.10. The number of benzene rings is 1. The van der Waals surface area contributed by atoms with E-state index in [-0.39, 0.29) is 17.5 Å². The number of fused-ring (bicyclic) bond motifs is 1. The van der Waals surface area contributed by atoms with Gasteiger partial charge in [-0.3, -0.25) is 14.8 Å². The van der Waals surface area contributed by atoms with Crippen LogP contribution in [-0.4, -0.2) is 37.1 Å². The van der Waals surface area contributed by atoms with Crippen LogP contribution in [0.5, 0.6) is 0 Å². The second kappa shape index (κ2) is 8.97. The maximum absolute atomic E-state index is 14.5. The molecule has 3 aromatic heterocycles. The van der Waals surface area contributed by atoms with Crippen molar-refractivity contribution < 1.29 is 19.1 Å². The monoisotopic (exact) mass is 458 g/mol. The molecule has 3 heterocycles. The van der Waals surface area contributed by atoms with Crippen molar-refractivity contribution in [2.45, 2.75) is 32.7 Å². The van der Waals surface area contributed by atoms with Gasteiger partial charge in [0.2, 0.25) is 0 Å². The molecule has 34 heavy (non-hydrogen) atoms. The van der Waals surface area contributed by atoms with Gasteiger partial charge in [-0.05, 0) is 62.2 Å². The van der Waals surface area contributed by atoms with Crippen LogP contribution in [0.25, 0.3) is 22.2 Å². The van der Waals surface area contributed by atoms with Crippen LogP contribution in [-0.2, 0) is 4.79 Å². The van der Waals surface area contributed by atoms with E-state index in [1.54, 1.807) is 25.4 Å². The molecule has 2 N–H and O–H groups in total. The van der Waals surface area contributed by atoms with Gasteiger partial charge >= 0.3 is 5.97 Å². The zero-order valence-corrected chi connectivity index (χ0v) is 18.9. The van der Waals surface area contributed by atoms with E-state index >= 15 is 0 Å². The Kier molecular flexibility index (Phi) is 6.06. The first-order valence-corrected chi connectivity index (χ1v) is 10.7. The second-order valence-corrected chi connectivity index (χ2v) is 8.24. The van der Waals surface area contributed by atoms with Crippen LogP contribution in [0.1, 0.15) is 54.3 Å². The van der Waals surface area contributed by atoms with E-state index in [9.17, 15) is 14.0 Å². The summed E-state index contributed by atoms with van der Waals surface area (Å²) in [6.45, 7) is 5.00. The number of nitrogens with zero attached hydrogens (tertiary/aromatic N) is 3. The van der Waals surface area contributed by atoms with Crippen LogP contribution in [0.2, 0.25) is 0 Å². The van der Waals surface area contributed by atoms with Gasteiger partial charge in [0, 0.05) is 29.9 Å². The van der Waals surface area contributed by atoms with Crippen LogP contribution < -0.4 is 0 Å². The molecule has 0 spiro atoms. The van der Waals surface area contributed by atoms with E-state index < -0.39 is 23.3 Å². The summed E-state index contributed by atoms with van der Waals surface area (Å²) in [5.74, 6) is -3.04. The number of pyridine rings is 2. The molecule has 172 valence electrons. The summed E-state index contributed by atoms with van der Waals surface area (Å²) in [6.07, 6.45) is 5.09. The largest absolute Gasteiger partial charge is 0.478 e. The second-order valence-electron chi connectivity index (χ2n) is 8.24. The number of ketones is 1. The number of hydrogen-bond donors (Lipinski definition) is 2. The Morgan fingerprint density at radius 3 is 2.47 bits per heavy atom. The summed E-state index contributed by atoms with van der Waals surface area (Å²) in [7, 11) is 0. The highest BCUT2D eigenvalue weighted by molar-refractivity contribution is 6.07. The normalized spacial score (nSPS) is 12.9. The Morgan fingerprint density at radius 1 is 1.12 bits per heavy atom. The molecule has 1 unspecified atom stereocenters. The summed E-state index contributed by atoms with van der Waals surface area (Å²) >= 11 is 0. The number of aromatic carboxylic acids is 1. The van der Waals surface area contributed by atoms with E-state index in [0.29, 0.717) is 27.7 Å². The van der Waals surface area contributed by atoms with Crippen molar-refractivity contribution in [1.82, 2.24) is 14.5 Å².